The van der Waals surface area contributed by atoms with Gasteiger partial charge in [0.2, 0.25) is 0 Å². The number of benzene rings is 2. The lowest BCUT2D eigenvalue weighted by Gasteiger charge is -2.48. The number of carbonyl (C=O) groups is 1. The number of para-hydroxylation sites is 2. The van der Waals surface area contributed by atoms with Crippen LogP contribution in [0.2, 0.25) is 0 Å². The van der Waals surface area contributed by atoms with Crippen LogP contribution in [-0.4, -0.2) is 60.6 Å². The average Bonchev–Trinajstić information content (AvgIpc) is 3.17. The van der Waals surface area contributed by atoms with Crippen molar-refractivity contribution in [3.8, 4) is 11.5 Å². The fourth-order valence-corrected chi connectivity index (χ4v) is 4.17. The van der Waals surface area contributed by atoms with Crippen molar-refractivity contribution in [3.05, 3.63) is 60.2 Å². The molecule has 2 aliphatic heterocycles. The van der Waals surface area contributed by atoms with Crippen molar-refractivity contribution >= 4 is 5.91 Å². The van der Waals surface area contributed by atoms with E-state index < -0.39 is 0 Å². The van der Waals surface area contributed by atoms with Gasteiger partial charge in [-0.15, -0.1) is 0 Å². The minimum absolute atomic E-state index is 0.0311. The highest BCUT2D eigenvalue weighted by Gasteiger charge is 2.45. The van der Waals surface area contributed by atoms with Gasteiger partial charge in [-0.2, -0.15) is 0 Å². The third kappa shape index (κ3) is 3.57. The van der Waals surface area contributed by atoms with Gasteiger partial charge in [0.15, 0.2) is 0 Å². The first kappa shape index (κ1) is 18.0. The summed E-state index contributed by atoms with van der Waals surface area (Å²) in [5.41, 5.74) is 0.568. The number of rotatable bonds is 4. The summed E-state index contributed by atoms with van der Waals surface area (Å²) in [5.74, 6) is 1.36. The lowest BCUT2D eigenvalue weighted by molar-refractivity contribution is -0.00231. The first-order chi connectivity index (χ1) is 13.2. The van der Waals surface area contributed by atoms with Gasteiger partial charge in [-0.25, -0.2) is 0 Å². The molecule has 5 nitrogen and oxygen atoms in total. The van der Waals surface area contributed by atoms with Gasteiger partial charge >= 0.3 is 0 Å². The molecular weight excluding hydrogens is 340 g/mol. The van der Waals surface area contributed by atoms with Crippen LogP contribution in [0, 0.1) is 0 Å². The van der Waals surface area contributed by atoms with E-state index in [1.165, 1.54) is 0 Å². The second-order valence-corrected chi connectivity index (χ2v) is 7.24. The Labute approximate surface area is 160 Å². The van der Waals surface area contributed by atoms with Crippen molar-refractivity contribution in [2.24, 2.45) is 0 Å². The molecule has 2 aliphatic rings. The van der Waals surface area contributed by atoms with E-state index in [0.29, 0.717) is 24.5 Å². The van der Waals surface area contributed by atoms with Crippen LogP contribution >= 0.6 is 0 Å². The Hall–Kier alpha value is -2.37. The van der Waals surface area contributed by atoms with E-state index in [-0.39, 0.29) is 11.4 Å². The van der Waals surface area contributed by atoms with Gasteiger partial charge in [0.05, 0.1) is 17.7 Å². The summed E-state index contributed by atoms with van der Waals surface area (Å²) in [7, 11) is 0. The lowest BCUT2D eigenvalue weighted by Crippen LogP contribution is -2.63. The van der Waals surface area contributed by atoms with Gasteiger partial charge < -0.3 is 14.4 Å². The minimum Gasteiger partial charge on any atom is -0.457 e. The predicted octanol–water partition coefficient (Wildman–Crippen LogP) is 3.42. The highest BCUT2D eigenvalue weighted by atomic mass is 16.5. The molecule has 0 radical (unpaired) electrons. The molecule has 0 N–H and O–H groups in total. The third-order valence-corrected chi connectivity index (χ3v) is 5.64. The van der Waals surface area contributed by atoms with Crippen LogP contribution in [0.4, 0.5) is 0 Å². The van der Waals surface area contributed by atoms with E-state index in [1.54, 1.807) is 0 Å². The van der Waals surface area contributed by atoms with Crippen molar-refractivity contribution in [1.82, 2.24) is 9.80 Å². The zero-order valence-electron chi connectivity index (χ0n) is 15.8. The molecule has 2 saturated heterocycles. The number of ether oxygens (including phenoxy) is 2. The van der Waals surface area contributed by atoms with E-state index in [1.807, 2.05) is 59.5 Å². The molecule has 4 rings (SSSR count). The molecule has 1 atom stereocenters. The van der Waals surface area contributed by atoms with Gasteiger partial charge in [0.1, 0.15) is 11.5 Å². The second-order valence-electron chi connectivity index (χ2n) is 7.24. The van der Waals surface area contributed by atoms with Gasteiger partial charge in [-0.3, -0.25) is 9.69 Å². The topological polar surface area (TPSA) is 42.0 Å². The summed E-state index contributed by atoms with van der Waals surface area (Å²) in [4.78, 5) is 17.8. The predicted molar refractivity (Wildman–Crippen MR) is 104 cm³/mol. The number of amides is 1. The maximum Gasteiger partial charge on any atom is 0.257 e. The summed E-state index contributed by atoms with van der Waals surface area (Å²) in [6, 6.07) is 17.1. The Morgan fingerprint density at radius 3 is 2.63 bits per heavy atom. The molecule has 0 bridgehead atoms. The molecule has 2 aromatic carbocycles. The average molecular weight is 366 g/mol. The molecule has 2 heterocycles. The number of piperazine rings is 1. The molecule has 27 heavy (non-hydrogen) atoms. The Kier molecular flexibility index (Phi) is 5.14. The SMILES string of the molecule is CCN1CCN(C(=O)c2ccccc2Oc2ccccc2)CC12CCOC2. The van der Waals surface area contributed by atoms with E-state index in [2.05, 4.69) is 11.8 Å². The van der Waals surface area contributed by atoms with Crippen LogP contribution in [0.1, 0.15) is 23.7 Å². The molecule has 142 valence electrons. The molecule has 2 aromatic rings. The quantitative estimate of drug-likeness (QED) is 0.832. The van der Waals surface area contributed by atoms with Crippen LogP contribution in [-0.2, 0) is 4.74 Å². The molecule has 1 amide bonds. The number of hydrogen-bond acceptors (Lipinski definition) is 4. The Morgan fingerprint density at radius 2 is 1.89 bits per heavy atom. The fraction of sp³-hybridized carbons (Fsp3) is 0.409. The van der Waals surface area contributed by atoms with Gasteiger partial charge in [-0.05, 0) is 37.2 Å². The van der Waals surface area contributed by atoms with Crippen LogP contribution in [0.15, 0.2) is 54.6 Å². The van der Waals surface area contributed by atoms with Crippen molar-refractivity contribution in [1.29, 1.82) is 0 Å². The molecule has 0 aliphatic carbocycles. The number of hydrogen-bond donors (Lipinski definition) is 0. The zero-order chi connectivity index (χ0) is 18.7. The van der Waals surface area contributed by atoms with E-state index in [0.717, 1.165) is 38.4 Å². The number of nitrogens with zero attached hydrogens (tertiary/aromatic N) is 2. The summed E-state index contributed by atoms with van der Waals surface area (Å²) in [5, 5.41) is 0. The van der Waals surface area contributed by atoms with Gasteiger partial charge in [0, 0.05) is 26.2 Å². The molecule has 0 saturated carbocycles. The zero-order valence-corrected chi connectivity index (χ0v) is 15.8. The standard InChI is InChI=1S/C22H26N2O3/c1-2-24-14-13-23(16-22(24)12-15-26-17-22)21(25)19-10-6-7-11-20(19)27-18-8-4-3-5-9-18/h3-11H,2,12-17H2,1H3. The fourth-order valence-electron chi connectivity index (χ4n) is 4.17. The van der Waals surface area contributed by atoms with Gasteiger partial charge in [0.25, 0.3) is 5.91 Å². The van der Waals surface area contributed by atoms with E-state index in [9.17, 15) is 4.79 Å². The van der Waals surface area contributed by atoms with Crippen molar-refractivity contribution in [2.75, 3.05) is 39.4 Å². The minimum atomic E-state index is -0.0438. The normalized spacial score (nSPS) is 22.9. The van der Waals surface area contributed by atoms with E-state index >= 15 is 0 Å². The summed E-state index contributed by atoms with van der Waals surface area (Å²) in [6.07, 6.45) is 0.979. The highest BCUT2D eigenvalue weighted by Crippen LogP contribution is 2.32. The molecular formula is C22H26N2O3. The van der Waals surface area contributed by atoms with Crippen LogP contribution in [0.3, 0.4) is 0 Å². The highest BCUT2D eigenvalue weighted by molar-refractivity contribution is 5.97. The number of likely N-dealkylation sites (N-methyl/N-ethyl adjacent to an activating group) is 1. The Morgan fingerprint density at radius 1 is 1.11 bits per heavy atom. The van der Waals surface area contributed by atoms with Gasteiger partial charge in [-0.1, -0.05) is 37.3 Å². The molecule has 0 aromatic heterocycles. The first-order valence-corrected chi connectivity index (χ1v) is 9.66. The van der Waals surface area contributed by atoms with Crippen molar-refractivity contribution < 1.29 is 14.3 Å². The van der Waals surface area contributed by atoms with E-state index in [4.69, 9.17) is 9.47 Å². The first-order valence-electron chi connectivity index (χ1n) is 9.66. The smallest absolute Gasteiger partial charge is 0.257 e. The van der Waals surface area contributed by atoms with Crippen molar-refractivity contribution in [3.63, 3.8) is 0 Å². The molecule has 2 fully saturated rings. The second kappa shape index (κ2) is 7.71. The Bertz CT molecular complexity index is 787. The molecule has 1 unspecified atom stereocenters. The summed E-state index contributed by atoms with van der Waals surface area (Å²) < 4.78 is 11.7. The van der Waals surface area contributed by atoms with Crippen LogP contribution < -0.4 is 4.74 Å². The third-order valence-electron chi connectivity index (χ3n) is 5.64. The largest absolute Gasteiger partial charge is 0.457 e. The maximum atomic E-state index is 13.3. The van der Waals surface area contributed by atoms with Crippen LogP contribution in [0.25, 0.3) is 0 Å². The summed E-state index contributed by atoms with van der Waals surface area (Å²) in [6.45, 7) is 6.96. The molecule has 1 spiro atoms. The monoisotopic (exact) mass is 366 g/mol. The maximum absolute atomic E-state index is 13.3. The lowest BCUT2D eigenvalue weighted by atomic mass is 9.92. The number of carbonyl (C=O) groups excluding carboxylic acids is 1. The Balaban J connectivity index is 1.56. The van der Waals surface area contributed by atoms with Crippen molar-refractivity contribution in [2.45, 2.75) is 18.9 Å². The summed E-state index contributed by atoms with van der Waals surface area (Å²) >= 11 is 0. The van der Waals surface area contributed by atoms with Crippen LogP contribution in [0.5, 0.6) is 11.5 Å². The molecule has 5 heteroatoms.